The summed E-state index contributed by atoms with van der Waals surface area (Å²) in [5, 5.41) is 0. The molecule has 0 aromatic heterocycles. The van der Waals surface area contributed by atoms with Crippen molar-refractivity contribution in [2.75, 3.05) is 52.6 Å². The van der Waals surface area contributed by atoms with Crippen LogP contribution in [0, 0.1) is 71.0 Å². The van der Waals surface area contributed by atoms with Gasteiger partial charge in [-0.3, -0.25) is 29.4 Å². The van der Waals surface area contributed by atoms with Gasteiger partial charge >= 0.3 is 0 Å². The van der Waals surface area contributed by atoms with Crippen molar-refractivity contribution in [3.63, 3.8) is 0 Å². The third kappa shape index (κ3) is 20.3. The summed E-state index contributed by atoms with van der Waals surface area (Å²) in [5.41, 5.74) is 0.561. The monoisotopic (exact) mass is 1300 g/mol. The van der Waals surface area contributed by atoms with Crippen molar-refractivity contribution >= 4 is 0 Å². The second-order valence-electron chi connectivity index (χ2n) is 35.0. The minimum Gasteiger partial charge on any atom is -0.360 e. The molecule has 6 aliphatic heterocycles. The third-order valence-electron chi connectivity index (χ3n) is 23.6. The van der Waals surface area contributed by atoms with Crippen molar-refractivity contribution in [1.82, 2.24) is 29.4 Å². The normalized spacial score (nSPS) is 24.2. The molecule has 0 aromatic rings. The fourth-order valence-corrected chi connectivity index (χ4v) is 20.0. The standard InChI is InChI=1S/2C14H29NO.C14H29N.C14H27N.2C13H27NO/c2*1-10(2)14(11(3)4)15(12(5)6)13(7)8-9-16-14;2*1-11(2)14(12(3)4)9-7-8-10-15(14)13(5)6;2*1-10(2)13(11(3)4)14(12(5)6)8-7-9-15-13/h2*10-13H,8-9H2,1-7H3;11-13H,7-10H2,1-6H3;7-8,11-13H,9-10H2,1-6H3;2*10-12H,7-9H2,1-6H3/t2*13-;;;;/m10..../s1. The van der Waals surface area contributed by atoms with E-state index < -0.39 is 0 Å². The lowest BCUT2D eigenvalue weighted by Crippen LogP contribution is -2.66. The molecule has 0 unspecified atom stereocenters. The minimum atomic E-state index is -0.0775. The van der Waals surface area contributed by atoms with Gasteiger partial charge in [0, 0.05) is 79.0 Å². The topological polar surface area (TPSA) is 56.4 Å². The molecule has 0 N–H and O–H groups in total. The van der Waals surface area contributed by atoms with Crippen molar-refractivity contribution in [1.29, 1.82) is 0 Å². The van der Waals surface area contributed by atoms with Gasteiger partial charge in [-0.25, -0.2) is 0 Å². The van der Waals surface area contributed by atoms with Crippen LogP contribution >= 0.6 is 0 Å². The van der Waals surface area contributed by atoms with E-state index in [9.17, 15) is 0 Å². The van der Waals surface area contributed by atoms with E-state index in [1.54, 1.807) is 0 Å². The quantitative estimate of drug-likeness (QED) is 0.124. The summed E-state index contributed by atoms with van der Waals surface area (Å²) in [6, 6.07) is 4.79. The second kappa shape index (κ2) is 39.4. The van der Waals surface area contributed by atoms with E-state index in [2.05, 4.69) is 305 Å². The Kier molecular flexibility index (Phi) is 38.2. The Morgan fingerprint density at radius 1 is 0.283 bits per heavy atom. The zero-order valence-corrected chi connectivity index (χ0v) is 69.3. The van der Waals surface area contributed by atoms with Gasteiger partial charge in [0.05, 0.1) is 26.4 Å². The number of nitrogens with zero attached hydrogens (tertiary/aromatic N) is 6. The Hall–Kier alpha value is -0.660. The highest BCUT2D eigenvalue weighted by Gasteiger charge is 2.52. The van der Waals surface area contributed by atoms with Crippen LogP contribution in [0.15, 0.2) is 12.2 Å². The highest BCUT2D eigenvalue weighted by atomic mass is 16.5. The van der Waals surface area contributed by atoms with Crippen LogP contribution in [0.5, 0.6) is 0 Å². The number of hydrogen-bond acceptors (Lipinski definition) is 10. The van der Waals surface area contributed by atoms with E-state index in [0.717, 1.165) is 57.6 Å². The summed E-state index contributed by atoms with van der Waals surface area (Å²) in [6.07, 6.45) is 14.7. The van der Waals surface area contributed by atoms with Crippen LogP contribution in [0.2, 0.25) is 0 Å². The number of hydrogen-bond donors (Lipinski definition) is 0. The van der Waals surface area contributed by atoms with E-state index in [1.165, 1.54) is 58.2 Å². The minimum absolute atomic E-state index is 0.0492. The van der Waals surface area contributed by atoms with Crippen LogP contribution in [0.1, 0.15) is 314 Å². The molecule has 10 heteroatoms. The maximum atomic E-state index is 6.26. The first-order valence-electron chi connectivity index (χ1n) is 39.2. The molecule has 0 aliphatic carbocycles. The van der Waals surface area contributed by atoms with Crippen molar-refractivity contribution < 1.29 is 18.9 Å². The molecule has 5 fully saturated rings. The van der Waals surface area contributed by atoms with Gasteiger partial charge in [0.2, 0.25) is 0 Å². The molecular formula is C82H168N6O4. The van der Waals surface area contributed by atoms with Gasteiger partial charge < -0.3 is 18.9 Å². The number of piperidine rings is 1. The molecule has 0 amide bonds. The van der Waals surface area contributed by atoms with Crippen molar-refractivity contribution in [2.45, 2.75) is 397 Å². The van der Waals surface area contributed by atoms with Gasteiger partial charge in [-0.1, -0.05) is 185 Å². The number of rotatable bonds is 18. The lowest BCUT2D eigenvalue weighted by molar-refractivity contribution is -0.261. The van der Waals surface area contributed by atoms with Crippen LogP contribution in [0.3, 0.4) is 0 Å². The molecule has 0 spiro atoms. The lowest BCUT2D eigenvalue weighted by atomic mass is 9.69. The van der Waals surface area contributed by atoms with Crippen LogP contribution in [-0.2, 0) is 18.9 Å². The predicted molar refractivity (Wildman–Crippen MR) is 405 cm³/mol. The Labute approximate surface area is 578 Å². The van der Waals surface area contributed by atoms with Crippen LogP contribution in [-0.4, -0.2) is 164 Å². The summed E-state index contributed by atoms with van der Waals surface area (Å²) >= 11 is 0. The van der Waals surface area contributed by atoms with Crippen LogP contribution < -0.4 is 0 Å². The summed E-state index contributed by atoms with van der Waals surface area (Å²) in [5.74, 6) is 7.22. The molecule has 6 rings (SSSR count). The van der Waals surface area contributed by atoms with Gasteiger partial charge in [-0.2, -0.15) is 0 Å². The molecule has 2 atom stereocenters. The Bertz CT molecular complexity index is 1780. The number of likely N-dealkylation sites (tertiary alicyclic amines) is 1. The molecule has 10 nitrogen and oxygen atoms in total. The van der Waals surface area contributed by atoms with Crippen molar-refractivity contribution in [3.05, 3.63) is 12.2 Å². The highest BCUT2D eigenvalue weighted by molar-refractivity contribution is 5.09. The maximum Gasteiger partial charge on any atom is 0.126 e. The average Bonchev–Trinajstić information content (AvgIpc) is 0.813. The molecule has 550 valence electrons. The molecular weight excluding hydrogens is 1130 g/mol. The molecule has 0 radical (unpaired) electrons. The van der Waals surface area contributed by atoms with Crippen LogP contribution in [0.25, 0.3) is 0 Å². The van der Waals surface area contributed by atoms with E-state index in [4.69, 9.17) is 18.9 Å². The summed E-state index contributed by atoms with van der Waals surface area (Å²) < 4.78 is 24.9. The van der Waals surface area contributed by atoms with Gasteiger partial charge in [-0.05, 0) is 219 Å². The highest BCUT2D eigenvalue weighted by Crippen LogP contribution is 2.46. The fraction of sp³-hybridized carbons (Fsp3) is 0.976. The lowest BCUT2D eigenvalue weighted by Gasteiger charge is -2.56. The second-order valence-corrected chi connectivity index (χ2v) is 35.0. The molecule has 0 bridgehead atoms. The van der Waals surface area contributed by atoms with E-state index in [1.807, 2.05) is 0 Å². The Morgan fingerprint density at radius 3 is 0.783 bits per heavy atom. The Balaban J connectivity index is 0.000000552. The Morgan fingerprint density at radius 2 is 0.565 bits per heavy atom. The summed E-state index contributed by atoms with van der Waals surface area (Å²) in [7, 11) is 0. The molecule has 6 heterocycles. The third-order valence-corrected chi connectivity index (χ3v) is 23.6. The predicted octanol–water partition coefficient (Wildman–Crippen LogP) is 20.9. The van der Waals surface area contributed by atoms with Crippen molar-refractivity contribution in [2.24, 2.45) is 71.0 Å². The largest absolute Gasteiger partial charge is 0.360 e. The first-order valence-corrected chi connectivity index (χ1v) is 39.2. The summed E-state index contributed by atoms with van der Waals surface area (Å²) in [6.45, 7) is 96.2. The van der Waals surface area contributed by atoms with Crippen molar-refractivity contribution in [3.8, 4) is 0 Å². The smallest absolute Gasteiger partial charge is 0.126 e. The van der Waals surface area contributed by atoms with Gasteiger partial charge in [0.15, 0.2) is 0 Å². The maximum absolute atomic E-state index is 6.26. The van der Waals surface area contributed by atoms with E-state index in [0.29, 0.717) is 119 Å². The first kappa shape index (κ1) is 89.4. The zero-order chi connectivity index (χ0) is 71.6. The molecule has 92 heavy (non-hydrogen) atoms. The molecule has 6 aliphatic rings. The van der Waals surface area contributed by atoms with Gasteiger partial charge in [-0.15, -0.1) is 0 Å². The fourth-order valence-electron chi connectivity index (χ4n) is 20.0. The number of ether oxygens (including phenoxy) is 4. The SMILES string of the molecule is CC(C)N1CC=CCC1(C(C)C)C(C)C.CC(C)N1CCCCC1(C(C)C)C(C)C.CC(C)N1CCCOC1(C(C)C)C(C)C.CC(C)N1CCCOC1(C(C)C)C(C)C.CC(C)N1[C@@H](C)CCOC1(C(C)C)C(C)C.CC(C)N1[C@H](C)CCOC1(C(C)C)C(C)C. The zero-order valence-electron chi connectivity index (χ0n) is 69.3. The molecule has 0 aromatic carbocycles. The molecule has 5 saturated heterocycles. The van der Waals surface area contributed by atoms with Gasteiger partial charge in [0.25, 0.3) is 0 Å². The van der Waals surface area contributed by atoms with E-state index in [-0.39, 0.29) is 22.9 Å². The first-order chi connectivity index (χ1) is 42.4. The molecule has 0 saturated carbocycles. The van der Waals surface area contributed by atoms with Crippen LogP contribution in [0.4, 0.5) is 0 Å². The van der Waals surface area contributed by atoms with E-state index >= 15 is 0 Å². The average molecular weight is 1300 g/mol. The summed E-state index contributed by atoms with van der Waals surface area (Å²) in [4.78, 5) is 15.7. The van der Waals surface area contributed by atoms with Gasteiger partial charge in [0.1, 0.15) is 22.9 Å².